The normalized spacial score (nSPS) is 10.6. The Kier molecular flexibility index (Phi) is 4.42. The summed E-state index contributed by atoms with van der Waals surface area (Å²) in [5, 5.41) is 28.0. The number of benzene rings is 2. The third-order valence-electron chi connectivity index (χ3n) is 2.80. The lowest BCUT2D eigenvalue weighted by atomic mass is 10.1. The van der Waals surface area contributed by atoms with Crippen LogP contribution in [0.3, 0.4) is 0 Å². The lowest BCUT2D eigenvalue weighted by Gasteiger charge is -2.07. The number of aromatic hydroxyl groups is 1. The van der Waals surface area contributed by atoms with Crippen molar-refractivity contribution in [1.29, 1.82) is 0 Å². The van der Waals surface area contributed by atoms with Crippen molar-refractivity contribution in [3.05, 3.63) is 52.1 Å². The molecule has 0 atom stereocenters. The molecule has 0 fully saturated rings. The Labute approximate surface area is 124 Å². The van der Waals surface area contributed by atoms with E-state index in [9.17, 15) is 20.0 Å². The van der Waals surface area contributed by atoms with Gasteiger partial charge >= 0.3 is 0 Å². The molecule has 1 N–H and O–H groups in total. The van der Waals surface area contributed by atoms with Crippen LogP contribution in [0.4, 0.5) is 17.1 Å². The molecular formula is C14H11N3O5. The van der Waals surface area contributed by atoms with Crippen molar-refractivity contribution in [3.63, 3.8) is 0 Å². The number of ether oxygens (including phenoxy) is 1. The summed E-state index contributed by atoms with van der Waals surface area (Å²) in [5.74, 6) is -0.152. The predicted molar refractivity (Wildman–Crippen MR) is 77.3 cm³/mol. The molecule has 0 bridgehead atoms. The third-order valence-corrected chi connectivity index (χ3v) is 2.80. The van der Waals surface area contributed by atoms with Gasteiger partial charge in [-0.15, -0.1) is 5.11 Å². The SMILES string of the molecule is COc1c(O)ccc(C=O)c1N=Nc1ccc([N+](=O)[O-])cc1. The Hall–Kier alpha value is -3.29. The highest BCUT2D eigenvalue weighted by atomic mass is 16.6. The zero-order valence-corrected chi connectivity index (χ0v) is 11.5. The number of methoxy groups -OCH3 is 1. The summed E-state index contributed by atoms with van der Waals surface area (Å²) in [6.45, 7) is 0. The lowest BCUT2D eigenvalue weighted by molar-refractivity contribution is -0.384. The smallest absolute Gasteiger partial charge is 0.269 e. The number of hydrogen-bond donors (Lipinski definition) is 1. The first-order chi connectivity index (χ1) is 10.6. The Morgan fingerprint density at radius 1 is 1.18 bits per heavy atom. The van der Waals surface area contributed by atoms with Crippen molar-refractivity contribution in [2.45, 2.75) is 0 Å². The lowest BCUT2D eigenvalue weighted by Crippen LogP contribution is -1.89. The summed E-state index contributed by atoms with van der Waals surface area (Å²) in [6, 6.07) is 8.10. The highest BCUT2D eigenvalue weighted by Crippen LogP contribution is 2.39. The van der Waals surface area contributed by atoms with Crippen molar-refractivity contribution in [1.82, 2.24) is 0 Å². The summed E-state index contributed by atoms with van der Waals surface area (Å²) in [5.41, 5.74) is 0.562. The minimum absolute atomic E-state index is 0.0234. The average Bonchev–Trinajstić information content (AvgIpc) is 2.53. The van der Waals surface area contributed by atoms with Gasteiger partial charge in [0.2, 0.25) is 0 Å². The third kappa shape index (κ3) is 3.06. The van der Waals surface area contributed by atoms with Crippen LogP contribution < -0.4 is 4.74 Å². The number of nitrogens with zero attached hydrogens (tertiary/aromatic N) is 3. The van der Waals surface area contributed by atoms with E-state index in [4.69, 9.17) is 4.74 Å². The molecule has 0 aliphatic carbocycles. The molecule has 0 aliphatic rings. The van der Waals surface area contributed by atoms with Crippen LogP contribution in [0.15, 0.2) is 46.6 Å². The van der Waals surface area contributed by atoms with E-state index in [0.29, 0.717) is 12.0 Å². The molecule has 2 rings (SSSR count). The van der Waals surface area contributed by atoms with Crippen LogP contribution in [0.25, 0.3) is 0 Å². The number of non-ortho nitro benzene ring substituents is 1. The van der Waals surface area contributed by atoms with Crippen LogP contribution in [0.5, 0.6) is 11.5 Å². The largest absolute Gasteiger partial charge is 0.504 e. The van der Waals surface area contributed by atoms with Gasteiger partial charge in [0.15, 0.2) is 17.8 Å². The molecule has 0 aromatic heterocycles. The molecule has 0 radical (unpaired) electrons. The van der Waals surface area contributed by atoms with Gasteiger partial charge < -0.3 is 9.84 Å². The molecule has 2 aromatic rings. The summed E-state index contributed by atoms with van der Waals surface area (Å²) in [6.07, 6.45) is 0.562. The monoisotopic (exact) mass is 301 g/mol. The Morgan fingerprint density at radius 2 is 1.86 bits per heavy atom. The highest BCUT2D eigenvalue weighted by Gasteiger charge is 2.13. The molecule has 112 valence electrons. The van der Waals surface area contributed by atoms with Crippen LogP contribution in [0.1, 0.15) is 10.4 Å². The van der Waals surface area contributed by atoms with Crippen LogP contribution >= 0.6 is 0 Å². The predicted octanol–water partition coefficient (Wildman–Crippen LogP) is 3.54. The summed E-state index contributed by atoms with van der Waals surface area (Å²) in [7, 11) is 1.33. The minimum atomic E-state index is -0.524. The average molecular weight is 301 g/mol. The van der Waals surface area contributed by atoms with Crippen LogP contribution in [-0.2, 0) is 0 Å². The number of nitro groups is 1. The van der Waals surface area contributed by atoms with Crippen molar-refractivity contribution in [2.24, 2.45) is 10.2 Å². The van der Waals surface area contributed by atoms with E-state index in [2.05, 4.69) is 10.2 Å². The molecule has 0 unspecified atom stereocenters. The molecule has 0 aliphatic heterocycles. The maximum atomic E-state index is 11.0. The van der Waals surface area contributed by atoms with Gasteiger partial charge in [-0.05, 0) is 24.3 Å². The summed E-state index contributed by atoms with van der Waals surface area (Å²) < 4.78 is 5.01. The van der Waals surface area contributed by atoms with E-state index in [-0.39, 0.29) is 28.4 Å². The van der Waals surface area contributed by atoms with E-state index < -0.39 is 4.92 Å². The molecule has 0 saturated carbocycles. The topological polar surface area (TPSA) is 114 Å². The van der Waals surface area contributed by atoms with Crippen molar-refractivity contribution < 1.29 is 19.6 Å². The molecule has 2 aromatic carbocycles. The molecule has 22 heavy (non-hydrogen) atoms. The van der Waals surface area contributed by atoms with Gasteiger partial charge in [0, 0.05) is 17.7 Å². The fourth-order valence-corrected chi connectivity index (χ4v) is 1.72. The fourth-order valence-electron chi connectivity index (χ4n) is 1.72. The molecule has 8 nitrogen and oxygen atoms in total. The number of carbonyl (C=O) groups excluding carboxylic acids is 1. The second-order valence-electron chi connectivity index (χ2n) is 4.15. The zero-order chi connectivity index (χ0) is 16.1. The molecule has 0 spiro atoms. The van der Waals surface area contributed by atoms with E-state index in [1.165, 1.54) is 43.5 Å². The van der Waals surface area contributed by atoms with Crippen molar-refractivity contribution in [2.75, 3.05) is 7.11 Å². The van der Waals surface area contributed by atoms with Crippen molar-refractivity contribution in [3.8, 4) is 11.5 Å². The van der Waals surface area contributed by atoms with Gasteiger partial charge in [0.25, 0.3) is 5.69 Å². The number of carbonyl (C=O) groups is 1. The van der Waals surface area contributed by atoms with E-state index >= 15 is 0 Å². The summed E-state index contributed by atoms with van der Waals surface area (Å²) >= 11 is 0. The van der Waals surface area contributed by atoms with E-state index in [1.54, 1.807) is 0 Å². The van der Waals surface area contributed by atoms with Crippen LogP contribution in [-0.4, -0.2) is 23.4 Å². The molecule has 0 heterocycles. The Balaban J connectivity index is 2.39. The number of hydrogen-bond acceptors (Lipinski definition) is 7. The maximum Gasteiger partial charge on any atom is 0.269 e. The Morgan fingerprint density at radius 3 is 2.41 bits per heavy atom. The first kappa shape index (κ1) is 15.1. The number of phenols is 1. The first-order valence-corrected chi connectivity index (χ1v) is 6.08. The number of aldehydes is 1. The second kappa shape index (κ2) is 6.44. The molecule has 0 saturated heterocycles. The minimum Gasteiger partial charge on any atom is -0.504 e. The molecular weight excluding hydrogens is 290 g/mol. The molecule has 0 amide bonds. The van der Waals surface area contributed by atoms with Gasteiger partial charge in [-0.1, -0.05) is 0 Å². The van der Waals surface area contributed by atoms with Gasteiger partial charge in [0.1, 0.15) is 5.69 Å². The van der Waals surface area contributed by atoms with Crippen LogP contribution in [0, 0.1) is 10.1 Å². The van der Waals surface area contributed by atoms with E-state index in [1.807, 2.05) is 0 Å². The van der Waals surface area contributed by atoms with Gasteiger partial charge in [-0.3, -0.25) is 14.9 Å². The quantitative estimate of drug-likeness (QED) is 0.392. The van der Waals surface area contributed by atoms with E-state index in [0.717, 1.165) is 0 Å². The number of nitro benzene ring substituents is 1. The van der Waals surface area contributed by atoms with Gasteiger partial charge in [-0.2, -0.15) is 5.11 Å². The van der Waals surface area contributed by atoms with Crippen molar-refractivity contribution >= 4 is 23.3 Å². The van der Waals surface area contributed by atoms with Gasteiger partial charge in [-0.25, -0.2) is 0 Å². The highest BCUT2D eigenvalue weighted by molar-refractivity contribution is 5.86. The van der Waals surface area contributed by atoms with Gasteiger partial charge in [0.05, 0.1) is 17.7 Å². The first-order valence-electron chi connectivity index (χ1n) is 6.08. The zero-order valence-electron chi connectivity index (χ0n) is 11.5. The standard InChI is InChI=1S/C14H11N3O5/c1-22-14-12(19)7-2-9(8-18)13(14)16-15-10-3-5-11(6-4-10)17(20)21/h2-8,19H,1H3. The maximum absolute atomic E-state index is 11.0. The second-order valence-corrected chi connectivity index (χ2v) is 4.15. The number of azo groups is 1. The fraction of sp³-hybridized carbons (Fsp3) is 0.0714. The number of rotatable bonds is 5. The molecule has 8 heteroatoms. The van der Waals surface area contributed by atoms with Crippen LogP contribution in [0.2, 0.25) is 0 Å². The summed E-state index contributed by atoms with van der Waals surface area (Å²) in [4.78, 5) is 21.1. The number of phenolic OH excluding ortho intramolecular Hbond substituents is 1. The Bertz CT molecular complexity index is 741.